The number of nitrogens with zero attached hydrogens (tertiary/aromatic N) is 1. The van der Waals surface area contributed by atoms with Crippen LogP contribution in [0.15, 0.2) is 58.6 Å². The average molecular weight is 513 g/mol. The molecule has 1 saturated heterocycles. The predicted molar refractivity (Wildman–Crippen MR) is 110 cm³/mol. The van der Waals surface area contributed by atoms with E-state index in [1.54, 1.807) is 18.2 Å². The van der Waals surface area contributed by atoms with Gasteiger partial charge in [0.25, 0.3) is 11.8 Å². The van der Waals surface area contributed by atoms with Gasteiger partial charge in [0.2, 0.25) is 0 Å². The second-order valence-corrected chi connectivity index (χ2v) is 7.42. The molecule has 4 nitrogen and oxygen atoms in total. The third kappa shape index (κ3) is 3.42. The molecule has 0 radical (unpaired) electrons. The van der Waals surface area contributed by atoms with Crippen LogP contribution in [0, 0.1) is 3.57 Å². The summed E-state index contributed by atoms with van der Waals surface area (Å²) in [6.07, 6.45) is 1.59. The predicted octanol–water partition coefficient (Wildman–Crippen LogP) is 3.89. The van der Waals surface area contributed by atoms with Crippen molar-refractivity contribution in [2.75, 3.05) is 4.90 Å². The van der Waals surface area contributed by atoms with Crippen molar-refractivity contribution in [3.05, 3.63) is 67.7 Å². The van der Waals surface area contributed by atoms with E-state index in [1.165, 1.54) is 4.90 Å². The van der Waals surface area contributed by atoms with Crippen molar-refractivity contribution in [3.63, 3.8) is 0 Å². The Morgan fingerprint density at radius 2 is 1.75 bits per heavy atom. The average Bonchev–Trinajstić information content (AvgIpc) is 2.54. The number of amides is 2. The first-order valence-electron chi connectivity index (χ1n) is 6.89. The Bertz CT molecular complexity index is 880. The molecule has 1 fully saturated rings. The van der Waals surface area contributed by atoms with Gasteiger partial charge in [-0.25, -0.2) is 0 Å². The van der Waals surface area contributed by atoms with E-state index in [0.29, 0.717) is 5.69 Å². The molecule has 0 bridgehead atoms. The van der Waals surface area contributed by atoms with Gasteiger partial charge >= 0.3 is 0 Å². The lowest BCUT2D eigenvalue weighted by Gasteiger charge is -2.29. The summed E-state index contributed by atoms with van der Waals surface area (Å²) in [6, 6.07) is 14.7. The molecule has 1 heterocycles. The Labute approximate surface area is 166 Å². The second-order valence-electron chi connectivity index (χ2n) is 4.96. The molecule has 0 aromatic heterocycles. The number of carbonyl (C=O) groups excluding carboxylic acids is 2. The summed E-state index contributed by atoms with van der Waals surface area (Å²) >= 11 is 10.7. The molecule has 120 valence electrons. The Hall–Kier alpha value is -1.58. The summed E-state index contributed by atoms with van der Waals surface area (Å²) in [5.41, 5.74) is 1.46. The van der Waals surface area contributed by atoms with Gasteiger partial charge in [0.05, 0.1) is 5.69 Å². The third-order valence-electron chi connectivity index (χ3n) is 3.39. The Morgan fingerprint density at radius 3 is 2.42 bits per heavy atom. The Morgan fingerprint density at radius 1 is 1.08 bits per heavy atom. The van der Waals surface area contributed by atoms with Crippen molar-refractivity contribution >= 4 is 79.4 Å². The zero-order valence-corrected chi connectivity index (χ0v) is 16.7. The van der Waals surface area contributed by atoms with Gasteiger partial charge in [-0.2, -0.15) is 0 Å². The molecule has 1 aliphatic heterocycles. The summed E-state index contributed by atoms with van der Waals surface area (Å²) in [4.78, 5) is 26.4. The quantitative estimate of drug-likeness (QED) is 0.287. The lowest BCUT2D eigenvalue weighted by atomic mass is 10.1. The van der Waals surface area contributed by atoms with E-state index in [9.17, 15) is 9.59 Å². The zero-order chi connectivity index (χ0) is 17.3. The molecule has 2 amide bonds. The van der Waals surface area contributed by atoms with E-state index < -0.39 is 11.8 Å². The molecule has 24 heavy (non-hydrogen) atoms. The molecule has 0 spiro atoms. The van der Waals surface area contributed by atoms with Gasteiger partial charge < -0.3 is 0 Å². The summed E-state index contributed by atoms with van der Waals surface area (Å²) in [7, 11) is 0. The topological polar surface area (TPSA) is 49.4 Å². The summed E-state index contributed by atoms with van der Waals surface area (Å²) < 4.78 is 1.84. The number of carbonyl (C=O) groups is 2. The fourth-order valence-electron chi connectivity index (χ4n) is 2.23. The molecule has 0 saturated carbocycles. The van der Waals surface area contributed by atoms with Crippen LogP contribution in [-0.2, 0) is 9.59 Å². The van der Waals surface area contributed by atoms with Crippen LogP contribution in [0.2, 0.25) is 0 Å². The number of hydrogen-bond donors (Lipinski definition) is 1. The van der Waals surface area contributed by atoms with E-state index in [4.69, 9.17) is 12.2 Å². The van der Waals surface area contributed by atoms with Gasteiger partial charge in [0.1, 0.15) is 5.57 Å². The maximum absolute atomic E-state index is 12.8. The number of hydrogen-bond acceptors (Lipinski definition) is 3. The van der Waals surface area contributed by atoms with Gasteiger partial charge in [0.15, 0.2) is 5.11 Å². The Balaban J connectivity index is 2.03. The highest BCUT2D eigenvalue weighted by molar-refractivity contribution is 14.1. The van der Waals surface area contributed by atoms with Gasteiger partial charge in [-0.3, -0.25) is 19.8 Å². The maximum Gasteiger partial charge on any atom is 0.270 e. The smallest absolute Gasteiger partial charge is 0.270 e. The van der Waals surface area contributed by atoms with Crippen molar-refractivity contribution in [1.29, 1.82) is 0 Å². The zero-order valence-electron chi connectivity index (χ0n) is 12.1. The van der Waals surface area contributed by atoms with E-state index in [-0.39, 0.29) is 10.7 Å². The second kappa shape index (κ2) is 7.12. The van der Waals surface area contributed by atoms with Crippen molar-refractivity contribution < 1.29 is 9.59 Å². The fourth-order valence-corrected chi connectivity index (χ4v) is 3.32. The molecule has 0 unspecified atom stereocenters. The van der Waals surface area contributed by atoms with E-state index >= 15 is 0 Å². The van der Waals surface area contributed by atoms with Crippen LogP contribution in [0.3, 0.4) is 0 Å². The fraction of sp³-hybridized carbons (Fsp3) is 0. The van der Waals surface area contributed by atoms with Crippen molar-refractivity contribution in [1.82, 2.24) is 5.32 Å². The van der Waals surface area contributed by atoms with E-state index in [0.717, 1.165) is 13.6 Å². The van der Waals surface area contributed by atoms with Crippen LogP contribution in [0.4, 0.5) is 5.69 Å². The summed E-state index contributed by atoms with van der Waals surface area (Å²) in [5, 5.41) is 2.65. The highest BCUT2D eigenvalue weighted by atomic mass is 127. The maximum atomic E-state index is 12.8. The third-order valence-corrected chi connectivity index (χ3v) is 5.19. The highest BCUT2D eigenvalue weighted by Crippen LogP contribution is 2.24. The molecule has 7 heteroatoms. The van der Waals surface area contributed by atoms with Crippen LogP contribution < -0.4 is 10.2 Å². The molecular weight excluding hydrogens is 503 g/mol. The monoisotopic (exact) mass is 512 g/mol. The largest absolute Gasteiger partial charge is 0.298 e. The van der Waals surface area contributed by atoms with Gasteiger partial charge in [-0.1, -0.05) is 34.1 Å². The molecule has 2 aromatic rings. The minimum atomic E-state index is -0.488. The van der Waals surface area contributed by atoms with E-state index in [2.05, 4.69) is 43.8 Å². The van der Waals surface area contributed by atoms with Gasteiger partial charge in [0, 0.05) is 8.04 Å². The number of nitrogens with one attached hydrogen (secondary N) is 1. The van der Waals surface area contributed by atoms with E-state index in [1.807, 2.05) is 36.4 Å². The minimum absolute atomic E-state index is 0.0515. The number of benzene rings is 2. The van der Waals surface area contributed by atoms with Crippen LogP contribution in [0.25, 0.3) is 6.08 Å². The molecule has 2 aromatic carbocycles. The summed E-state index contributed by atoms with van der Waals surface area (Å²) in [5.74, 6) is -0.927. The number of halogens is 2. The van der Waals surface area contributed by atoms with Crippen LogP contribution in [0.1, 0.15) is 5.56 Å². The lowest BCUT2D eigenvalue weighted by Crippen LogP contribution is -2.54. The van der Waals surface area contributed by atoms with Crippen LogP contribution in [-0.4, -0.2) is 16.9 Å². The number of anilines is 1. The first kappa shape index (κ1) is 17.2. The van der Waals surface area contributed by atoms with Crippen molar-refractivity contribution in [3.8, 4) is 0 Å². The molecular formula is C17H10BrIN2O2S. The van der Waals surface area contributed by atoms with Gasteiger partial charge in [-0.05, 0) is 76.8 Å². The molecule has 3 rings (SSSR count). The number of thiocarbonyl (C=S) groups is 1. The van der Waals surface area contributed by atoms with Crippen molar-refractivity contribution in [2.24, 2.45) is 0 Å². The number of rotatable bonds is 2. The molecule has 0 aliphatic carbocycles. The molecule has 1 aliphatic rings. The lowest BCUT2D eigenvalue weighted by molar-refractivity contribution is -0.122. The first-order valence-corrected chi connectivity index (χ1v) is 9.17. The van der Waals surface area contributed by atoms with Gasteiger partial charge in [-0.15, -0.1) is 0 Å². The Kier molecular flexibility index (Phi) is 5.12. The molecule has 1 N–H and O–H groups in total. The molecule has 0 atom stereocenters. The SMILES string of the molecule is O=C1NC(=S)N(c2ccc(Br)cc2)C(=O)/C1=C/c1ccccc1I. The highest BCUT2D eigenvalue weighted by Gasteiger charge is 2.34. The first-order chi connectivity index (χ1) is 11.5. The normalized spacial score (nSPS) is 16.5. The van der Waals surface area contributed by atoms with Crippen LogP contribution in [0.5, 0.6) is 0 Å². The van der Waals surface area contributed by atoms with Crippen molar-refractivity contribution in [2.45, 2.75) is 0 Å². The van der Waals surface area contributed by atoms with Crippen LogP contribution >= 0.6 is 50.7 Å². The minimum Gasteiger partial charge on any atom is -0.298 e. The summed E-state index contributed by atoms with van der Waals surface area (Å²) in [6.45, 7) is 0. The standard InChI is InChI=1S/C17H10BrIN2O2S/c18-11-5-7-12(8-6-11)21-16(23)13(15(22)20-17(21)24)9-10-3-1-2-4-14(10)19/h1-9H,(H,20,22,24)/b13-9+.